The minimum Gasteiger partial charge on any atom is -0.493 e. The minimum atomic E-state index is 0.0453. The fourth-order valence-corrected chi connectivity index (χ4v) is 3.23. The number of nitrogens with zero attached hydrogens (tertiary/aromatic N) is 1. The second kappa shape index (κ2) is 8.80. The largest absolute Gasteiger partial charge is 0.493 e. The van der Waals surface area contributed by atoms with Crippen molar-refractivity contribution < 1.29 is 9.53 Å². The molecule has 1 aromatic carbocycles. The summed E-state index contributed by atoms with van der Waals surface area (Å²) < 4.78 is 5.86. The molecule has 1 aromatic rings. The summed E-state index contributed by atoms with van der Waals surface area (Å²) in [5.41, 5.74) is 2.32. The first-order valence-electron chi connectivity index (χ1n) is 8.79. The number of ether oxygens (including phenoxy) is 1. The van der Waals surface area contributed by atoms with E-state index >= 15 is 0 Å². The van der Waals surface area contributed by atoms with Crippen molar-refractivity contribution in [3.8, 4) is 5.75 Å². The molecule has 0 bridgehead atoms. The van der Waals surface area contributed by atoms with E-state index in [2.05, 4.69) is 31.3 Å². The molecule has 0 aromatic heterocycles. The van der Waals surface area contributed by atoms with E-state index in [0.29, 0.717) is 19.2 Å². The summed E-state index contributed by atoms with van der Waals surface area (Å²) in [4.78, 5) is 14.0. The SMILES string of the molecule is Cc1cccc(C)c1OCCCNC(=O)N(C)C1CCCCC1. The highest BCUT2D eigenvalue weighted by molar-refractivity contribution is 5.74. The highest BCUT2D eigenvalue weighted by atomic mass is 16.5. The molecule has 4 nitrogen and oxygen atoms in total. The minimum absolute atomic E-state index is 0.0453. The summed E-state index contributed by atoms with van der Waals surface area (Å²) in [5, 5.41) is 3.00. The standard InChI is InChI=1S/C19H30N2O2/c1-15-9-7-10-16(2)18(15)23-14-8-13-20-19(22)21(3)17-11-5-4-6-12-17/h7,9-10,17H,4-6,8,11-14H2,1-3H3,(H,20,22). The molecule has 0 heterocycles. The van der Waals surface area contributed by atoms with Crippen molar-refractivity contribution in [3.05, 3.63) is 29.3 Å². The molecular weight excluding hydrogens is 288 g/mol. The third-order valence-electron chi connectivity index (χ3n) is 4.70. The van der Waals surface area contributed by atoms with Gasteiger partial charge in [-0.3, -0.25) is 0 Å². The van der Waals surface area contributed by atoms with Crippen LogP contribution >= 0.6 is 0 Å². The molecular formula is C19H30N2O2. The molecule has 2 amide bonds. The van der Waals surface area contributed by atoms with Gasteiger partial charge in [-0.25, -0.2) is 4.79 Å². The first-order valence-corrected chi connectivity index (χ1v) is 8.79. The van der Waals surface area contributed by atoms with Gasteiger partial charge in [0, 0.05) is 19.6 Å². The number of rotatable bonds is 6. The summed E-state index contributed by atoms with van der Waals surface area (Å²) >= 11 is 0. The van der Waals surface area contributed by atoms with Crippen molar-refractivity contribution in [2.45, 2.75) is 58.4 Å². The topological polar surface area (TPSA) is 41.6 Å². The lowest BCUT2D eigenvalue weighted by Crippen LogP contribution is -2.44. The number of carbonyl (C=O) groups excluding carboxylic acids is 1. The number of para-hydroxylation sites is 1. The first kappa shape index (κ1) is 17.6. The predicted molar refractivity (Wildman–Crippen MR) is 94.1 cm³/mol. The molecule has 0 radical (unpaired) electrons. The third kappa shape index (κ3) is 5.15. The molecule has 128 valence electrons. The van der Waals surface area contributed by atoms with Crippen LogP contribution in [-0.2, 0) is 0 Å². The number of carbonyl (C=O) groups is 1. The number of hydrogen-bond donors (Lipinski definition) is 1. The average molecular weight is 318 g/mol. The van der Waals surface area contributed by atoms with Gasteiger partial charge in [-0.1, -0.05) is 37.5 Å². The van der Waals surface area contributed by atoms with Crippen LogP contribution in [0.15, 0.2) is 18.2 Å². The predicted octanol–water partition coefficient (Wildman–Crippen LogP) is 4.05. The van der Waals surface area contributed by atoms with Gasteiger partial charge in [-0.05, 0) is 44.2 Å². The van der Waals surface area contributed by atoms with Crippen molar-refractivity contribution >= 4 is 6.03 Å². The molecule has 2 rings (SSSR count). The van der Waals surface area contributed by atoms with E-state index in [0.717, 1.165) is 36.1 Å². The van der Waals surface area contributed by atoms with Gasteiger partial charge >= 0.3 is 6.03 Å². The third-order valence-corrected chi connectivity index (χ3v) is 4.70. The van der Waals surface area contributed by atoms with Gasteiger partial charge in [0.15, 0.2) is 0 Å². The Morgan fingerprint density at radius 1 is 1.22 bits per heavy atom. The van der Waals surface area contributed by atoms with E-state index in [9.17, 15) is 4.79 Å². The zero-order valence-corrected chi connectivity index (χ0v) is 14.7. The van der Waals surface area contributed by atoms with Crippen LogP contribution in [0.1, 0.15) is 49.7 Å². The van der Waals surface area contributed by atoms with Crippen LogP contribution in [0.3, 0.4) is 0 Å². The number of urea groups is 1. The molecule has 1 aliphatic rings. The zero-order valence-electron chi connectivity index (χ0n) is 14.7. The normalized spacial score (nSPS) is 15.3. The zero-order chi connectivity index (χ0) is 16.7. The number of benzene rings is 1. The van der Waals surface area contributed by atoms with Crippen molar-refractivity contribution in [3.63, 3.8) is 0 Å². The fourth-order valence-electron chi connectivity index (χ4n) is 3.23. The lowest BCUT2D eigenvalue weighted by molar-refractivity contribution is 0.173. The van der Waals surface area contributed by atoms with E-state index in [1.54, 1.807) is 0 Å². The average Bonchev–Trinajstić information content (AvgIpc) is 2.56. The van der Waals surface area contributed by atoms with Gasteiger partial charge in [-0.15, -0.1) is 0 Å². The number of hydrogen-bond acceptors (Lipinski definition) is 2. The summed E-state index contributed by atoms with van der Waals surface area (Å²) in [6, 6.07) is 6.62. The molecule has 1 fully saturated rings. The Morgan fingerprint density at radius 2 is 1.87 bits per heavy atom. The maximum absolute atomic E-state index is 12.2. The Labute approximate surface area is 140 Å². The molecule has 0 spiro atoms. The molecule has 23 heavy (non-hydrogen) atoms. The van der Waals surface area contributed by atoms with E-state index in [1.165, 1.54) is 19.3 Å². The highest BCUT2D eigenvalue weighted by Crippen LogP contribution is 2.22. The lowest BCUT2D eigenvalue weighted by Gasteiger charge is -2.31. The van der Waals surface area contributed by atoms with Crippen LogP contribution in [0, 0.1) is 13.8 Å². The van der Waals surface area contributed by atoms with Crippen LogP contribution in [0.5, 0.6) is 5.75 Å². The Hall–Kier alpha value is -1.71. The van der Waals surface area contributed by atoms with Crippen LogP contribution in [-0.4, -0.2) is 37.2 Å². The van der Waals surface area contributed by atoms with E-state index in [-0.39, 0.29) is 6.03 Å². The maximum Gasteiger partial charge on any atom is 0.317 e. The molecule has 1 N–H and O–H groups in total. The number of aryl methyl sites for hydroxylation is 2. The van der Waals surface area contributed by atoms with Crippen LogP contribution in [0.4, 0.5) is 4.79 Å². The van der Waals surface area contributed by atoms with Crippen molar-refractivity contribution in [2.75, 3.05) is 20.2 Å². The maximum atomic E-state index is 12.2. The summed E-state index contributed by atoms with van der Waals surface area (Å²) in [6.45, 7) is 5.40. The molecule has 0 atom stereocenters. The molecule has 0 aliphatic heterocycles. The lowest BCUT2D eigenvalue weighted by atomic mass is 9.95. The van der Waals surface area contributed by atoms with E-state index in [1.807, 2.05) is 18.0 Å². The van der Waals surface area contributed by atoms with Gasteiger partial charge in [0.1, 0.15) is 5.75 Å². The smallest absolute Gasteiger partial charge is 0.317 e. The van der Waals surface area contributed by atoms with E-state index < -0.39 is 0 Å². The van der Waals surface area contributed by atoms with Crippen LogP contribution < -0.4 is 10.1 Å². The summed E-state index contributed by atoms with van der Waals surface area (Å²) in [5.74, 6) is 0.971. The Morgan fingerprint density at radius 3 is 2.52 bits per heavy atom. The Balaban J connectivity index is 1.66. The van der Waals surface area contributed by atoms with Gasteiger partial charge in [0.2, 0.25) is 0 Å². The Kier molecular flexibility index (Phi) is 6.75. The van der Waals surface area contributed by atoms with Crippen molar-refractivity contribution in [1.82, 2.24) is 10.2 Å². The fraction of sp³-hybridized carbons (Fsp3) is 0.632. The molecule has 1 aliphatic carbocycles. The van der Waals surface area contributed by atoms with Crippen LogP contribution in [0.2, 0.25) is 0 Å². The number of nitrogens with one attached hydrogen (secondary N) is 1. The van der Waals surface area contributed by atoms with Crippen LogP contribution in [0.25, 0.3) is 0 Å². The van der Waals surface area contributed by atoms with Gasteiger partial charge in [0.25, 0.3) is 0 Å². The van der Waals surface area contributed by atoms with Gasteiger partial charge in [-0.2, -0.15) is 0 Å². The highest BCUT2D eigenvalue weighted by Gasteiger charge is 2.21. The summed E-state index contributed by atoms with van der Waals surface area (Å²) in [7, 11) is 1.92. The first-order chi connectivity index (χ1) is 11.1. The monoisotopic (exact) mass is 318 g/mol. The molecule has 1 saturated carbocycles. The Bertz CT molecular complexity index is 490. The number of amides is 2. The molecule has 4 heteroatoms. The quantitative estimate of drug-likeness (QED) is 0.804. The van der Waals surface area contributed by atoms with Crippen molar-refractivity contribution in [2.24, 2.45) is 0 Å². The second-order valence-corrected chi connectivity index (χ2v) is 6.56. The second-order valence-electron chi connectivity index (χ2n) is 6.56. The molecule has 0 saturated heterocycles. The van der Waals surface area contributed by atoms with Crippen molar-refractivity contribution in [1.29, 1.82) is 0 Å². The van der Waals surface area contributed by atoms with E-state index in [4.69, 9.17) is 4.74 Å². The summed E-state index contributed by atoms with van der Waals surface area (Å²) in [6.07, 6.45) is 6.89. The van der Waals surface area contributed by atoms with Gasteiger partial charge in [0.05, 0.1) is 6.61 Å². The molecule has 0 unspecified atom stereocenters. The van der Waals surface area contributed by atoms with Gasteiger partial charge < -0.3 is 15.0 Å².